The van der Waals surface area contributed by atoms with E-state index in [0.717, 1.165) is 35.1 Å². The largest absolute Gasteiger partial charge is 0.538 e. The normalized spacial score (nSPS) is 18.1. The lowest BCUT2D eigenvalue weighted by atomic mass is 11.8. The van der Waals surface area contributed by atoms with Crippen LogP contribution in [0.25, 0.3) is 0 Å². The lowest BCUT2D eigenvalue weighted by Gasteiger charge is -2.20. The zero-order chi connectivity index (χ0) is 16.6. The Hall–Kier alpha value is 0.290. The first kappa shape index (κ1) is 21.3. The predicted octanol–water partition coefficient (Wildman–Crippen LogP) is 2.37. The summed E-state index contributed by atoms with van der Waals surface area (Å²) >= 11 is 0. The lowest BCUT2D eigenvalue weighted by molar-refractivity contribution is -0.257. The Kier molecular flexibility index (Phi) is 9.56. The minimum Gasteiger partial charge on any atom is -0.257 e. The van der Waals surface area contributed by atoms with Crippen molar-refractivity contribution in [2.24, 2.45) is 0 Å². The van der Waals surface area contributed by atoms with Gasteiger partial charge in [0.1, 0.15) is 0 Å². The van der Waals surface area contributed by atoms with E-state index in [9.17, 15) is 13.7 Å². The molecule has 128 valence electrons. The van der Waals surface area contributed by atoms with Gasteiger partial charge < -0.3 is 0 Å². The lowest BCUT2D eigenvalue weighted by Crippen LogP contribution is -2.03. The summed E-state index contributed by atoms with van der Waals surface area (Å²) in [6.07, 6.45) is 0. The van der Waals surface area contributed by atoms with Crippen LogP contribution in [0, 0.1) is 0 Å². The number of hydrogen-bond acceptors (Lipinski definition) is 13. The van der Waals surface area contributed by atoms with Gasteiger partial charge in [-0.25, -0.2) is 33.0 Å². The third kappa shape index (κ3) is 8.48. The van der Waals surface area contributed by atoms with Crippen LogP contribution < -0.4 is 0 Å². The second-order valence-corrected chi connectivity index (χ2v) is 8.03. The molecule has 21 heavy (non-hydrogen) atoms. The van der Waals surface area contributed by atoms with Crippen molar-refractivity contribution in [2.45, 2.75) is 0 Å². The van der Waals surface area contributed by atoms with Crippen LogP contribution in [0.5, 0.6) is 0 Å². The standard InChI is InChI=1S/C5H15O13P3/c1-9-13-19(5,6)17-21(8,16-12-4)18-20(7,14-10-2)15-11-3/h1-5H3. The molecular weight excluding hydrogens is 361 g/mol. The number of phosphoric acid groups is 2. The highest BCUT2D eigenvalue weighted by Gasteiger charge is 2.47. The average Bonchev–Trinajstić information content (AvgIpc) is 2.27. The van der Waals surface area contributed by atoms with Crippen LogP contribution in [0.4, 0.5) is 0 Å². The molecule has 0 aromatic heterocycles. The van der Waals surface area contributed by atoms with Gasteiger partial charge in [-0.05, 0) is 0 Å². The Morgan fingerprint density at radius 3 is 1.33 bits per heavy atom. The quantitative estimate of drug-likeness (QED) is 0.279. The average molecular weight is 376 g/mol. The van der Waals surface area contributed by atoms with Gasteiger partial charge in [-0.3, -0.25) is 4.57 Å². The highest BCUT2D eigenvalue weighted by Crippen LogP contribution is 2.71. The molecule has 0 bridgehead atoms. The highest BCUT2D eigenvalue weighted by molar-refractivity contribution is 7.68. The molecule has 0 aliphatic rings. The van der Waals surface area contributed by atoms with Crippen molar-refractivity contribution in [3.8, 4) is 0 Å². The first-order valence-corrected chi connectivity index (χ1v) is 9.67. The molecule has 0 aliphatic heterocycles. The van der Waals surface area contributed by atoms with Crippen LogP contribution in [0.2, 0.25) is 0 Å². The molecule has 0 aromatic carbocycles. The van der Waals surface area contributed by atoms with Crippen LogP contribution in [-0.2, 0) is 60.6 Å². The molecular formula is C5H15O13P3. The van der Waals surface area contributed by atoms with E-state index in [1.807, 2.05) is 0 Å². The molecule has 0 N–H and O–H groups in total. The van der Waals surface area contributed by atoms with Gasteiger partial charge in [0.15, 0.2) is 0 Å². The zero-order valence-electron chi connectivity index (χ0n) is 11.6. The smallest absolute Gasteiger partial charge is 0.257 e. The third-order valence-electron chi connectivity index (χ3n) is 1.16. The van der Waals surface area contributed by atoms with Gasteiger partial charge in [0.25, 0.3) is 0 Å². The van der Waals surface area contributed by atoms with E-state index in [4.69, 9.17) is 0 Å². The molecule has 0 aliphatic carbocycles. The fourth-order valence-electron chi connectivity index (χ4n) is 0.809. The Morgan fingerprint density at radius 2 is 0.952 bits per heavy atom. The van der Waals surface area contributed by atoms with Gasteiger partial charge in [-0.15, -0.1) is 18.7 Å². The van der Waals surface area contributed by atoms with Crippen LogP contribution in [0.1, 0.15) is 0 Å². The molecule has 13 nitrogen and oxygen atoms in total. The van der Waals surface area contributed by atoms with E-state index in [2.05, 4.69) is 46.9 Å². The summed E-state index contributed by atoms with van der Waals surface area (Å²) in [5.74, 6) is 0. The number of rotatable bonds is 12. The molecule has 0 saturated heterocycles. The van der Waals surface area contributed by atoms with Crippen molar-refractivity contribution in [2.75, 3.05) is 35.1 Å². The monoisotopic (exact) mass is 376 g/mol. The SMILES string of the molecule is COOP(C)(=O)OP(=O)(OOC)OP(=O)(OOC)OOC. The first-order valence-electron chi connectivity index (χ1n) is 4.76. The molecule has 16 heteroatoms. The second kappa shape index (κ2) is 9.43. The highest BCUT2D eigenvalue weighted by atomic mass is 31.3. The molecule has 0 heterocycles. The minimum atomic E-state index is -4.91. The summed E-state index contributed by atoms with van der Waals surface area (Å²) in [5, 5.41) is 0. The van der Waals surface area contributed by atoms with E-state index < -0.39 is 23.2 Å². The fraction of sp³-hybridized carbons (Fsp3) is 1.00. The van der Waals surface area contributed by atoms with Crippen LogP contribution >= 0.6 is 23.2 Å². The zero-order valence-corrected chi connectivity index (χ0v) is 14.3. The van der Waals surface area contributed by atoms with Crippen LogP contribution in [0.15, 0.2) is 0 Å². The number of hydrogen-bond donors (Lipinski definition) is 0. The van der Waals surface area contributed by atoms with Crippen molar-refractivity contribution in [1.29, 1.82) is 0 Å². The molecule has 0 rings (SSSR count). The summed E-state index contributed by atoms with van der Waals surface area (Å²) in [6, 6.07) is 0. The molecule has 0 amide bonds. The summed E-state index contributed by atoms with van der Waals surface area (Å²) in [5.41, 5.74) is 0. The van der Waals surface area contributed by atoms with E-state index in [0.29, 0.717) is 0 Å². The topological polar surface area (TPSA) is 144 Å². The van der Waals surface area contributed by atoms with Crippen molar-refractivity contribution in [3.05, 3.63) is 0 Å². The Labute approximate surface area is 120 Å². The molecule has 2 unspecified atom stereocenters. The fourth-order valence-corrected chi connectivity index (χ4v) is 5.02. The van der Waals surface area contributed by atoms with Crippen LogP contribution in [0.3, 0.4) is 0 Å². The second-order valence-electron chi connectivity index (χ2n) is 2.79. The maximum Gasteiger partial charge on any atom is 0.538 e. The maximum absolute atomic E-state index is 12.1. The first-order chi connectivity index (χ1) is 9.66. The molecule has 0 saturated carbocycles. The predicted molar refractivity (Wildman–Crippen MR) is 63.3 cm³/mol. The maximum atomic E-state index is 12.1. The van der Waals surface area contributed by atoms with Gasteiger partial charge in [-0.1, -0.05) is 0 Å². The van der Waals surface area contributed by atoms with E-state index in [-0.39, 0.29) is 0 Å². The van der Waals surface area contributed by atoms with E-state index >= 15 is 0 Å². The summed E-state index contributed by atoms with van der Waals surface area (Å²) in [4.78, 5) is 16.3. The van der Waals surface area contributed by atoms with Crippen molar-refractivity contribution in [1.82, 2.24) is 0 Å². The minimum absolute atomic E-state index is 0.852. The Bertz CT molecular complexity index is 426. The van der Waals surface area contributed by atoms with Gasteiger partial charge in [0.2, 0.25) is 0 Å². The van der Waals surface area contributed by atoms with Crippen LogP contribution in [-0.4, -0.2) is 35.1 Å². The Morgan fingerprint density at radius 1 is 0.571 bits per heavy atom. The Balaban J connectivity index is 5.22. The van der Waals surface area contributed by atoms with Gasteiger partial charge in [0.05, 0.1) is 28.4 Å². The third-order valence-corrected chi connectivity index (χ3v) is 6.16. The van der Waals surface area contributed by atoms with Gasteiger partial charge >= 0.3 is 23.2 Å². The van der Waals surface area contributed by atoms with Crippen molar-refractivity contribution < 1.29 is 60.6 Å². The molecule has 0 radical (unpaired) electrons. The van der Waals surface area contributed by atoms with E-state index in [1.54, 1.807) is 0 Å². The molecule has 0 spiro atoms. The molecule has 0 fully saturated rings. The molecule has 0 aromatic rings. The summed E-state index contributed by atoms with van der Waals surface area (Å²) in [7, 11) is -9.94. The van der Waals surface area contributed by atoms with Gasteiger partial charge in [-0.2, -0.15) is 4.31 Å². The van der Waals surface area contributed by atoms with Crippen molar-refractivity contribution in [3.63, 3.8) is 0 Å². The summed E-state index contributed by atoms with van der Waals surface area (Å²) < 4.78 is 61.2. The van der Waals surface area contributed by atoms with Gasteiger partial charge in [0, 0.05) is 6.66 Å². The molecule has 2 atom stereocenters. The van der Waals surface area contributed by atoms with Crippen molar-refractivity contribution >= 4 is 23.2 Å². The van der Waals surface area contributed by atoms with E-state index in [1.165, 1.54) is 0 Å². The summed E-state index contributed by atoms with van der Waals surface area (Å²) in [6.45, 7) is 0.852.